The molecule has 102 valence electrons. The van der Waals surface area contributed by atoms with Crippen LogP contribution in [0.4, 0.5) is 0 Å². The van der Waals surface area contributed by atoms with Gasteiger partial charge in [-0.25, -0.2) is 0 Å². The zero-order chi connectivity index (χ0) is 14.4. The summed E-state index contributed by atoms with van der Waals surface area (Å²) in [6.45, 7) is 2.03. The van der Waals surface area contributed by atoms with Gasteiger partial charge in [0.05, 0.1) is 6.21 Å². The molecule has 5 heteroatoms. The summed E-state index contributed by atoms with van der Waals surface area (Å²) in [4.78, 5) is 0. The van der Waals surface area contributed by atoms with Crippen LogP contribution in [-0.4, -0.2) is 11.3 Å². The topological polar surface area (TPSA) is 59.6 Å². The zero-order valence-corrected chi connectivity index (χ0v) is 11.9. The molecule has 2 aromatic rings. The Morgan fingerprint density at radius 3 is 2.60 bits per heavy atom. The number of nitrogens with two attached hydrogens (primary N) is 1. The quantitative estimate of drug-likeness (QED) is 0.515. The van der Waals surface area contributed by atoms with Gasteiger partial charge in [-0.15, -0.1) is 0 Å². The Hall–Kier alpha value is -2.40. The maximum atomic E-state index is 5.84. The van der Waals surface area contributed by atoms with Gasteiger partial charge in [-0.2, -0.15) is 5.10 Å². The number of hydrogen-bond donors (Lipinski definition) is 2. The molecule has 0 atom stereocenters. The molecule has 0 aliphatic heterocycles. The predicted octanol–water partition coefficient (Wildman–Crippen LogP) is 2.95. The highest BCUT2D eigenvalue weighted by Gasteiger charge is 2.02. The summed E-state index contributed by atoms with van der Waals surface area (Å²) >= 11 is 4.68. The Labute approximate surface area is 123 Å². The van der Waals surface area contributed by atoms with E-state index in [4.69, 9.17) is 10.5 Å². The number of hydrazone groups is 1. The van der Waals surface area contributed by atoms with Crippen molar-refractivity contribution in [2.24, 2.45) is 10.8 Å². The number of benzene rings is 2. The molecule has 0 spiro atoms. The Kier molecular flexibility index (Phi) is 4.68. The second-order valence-corrected chi connectivity index (χ2v) is 4.63. The van der Waals surface area contributed by atoms with Crippen LogP contribution in [0.1, 0.15) is 11.1 Å². The summed E-state index contributed by atoms with van der Waals surface area (Å²) < 4.78 is 5.84. The van der Waals surface area contributed by atoms with Crippen LogP contribution >= 0.6 is 12.2 Å². The van der Waals surface area contributed by atoms with Gasteiger partial charge in [0.2, 0.25) is 0 Å². The third-order valence-corrected chi connectivity index (χ3v) is 2.64. The average molecular weight is 285 g/mol. The van der Waals surface area contributed by atoms with Crippen molar-refractivity contribution >= 4 is 23.5 Å². The van der Waals surface area contributed by atoms with E-state index in [1.807, 2.05) is 55.5 Å². The van der Waals surface area contributed by atoms with Gasteiger partial charge in [-0.1, -0.05) is 29.8 Å². The Balaban J connectivity index is 2.17. The van der Waals surface area contributed by atoms with Crippen LogP contribution in [0.15, 0.2) is 53.6 Å². The number of nitrogens with one attached hydrogen (secondary N) is 1. The maximum absolute atomic E-state index is 5.84. The number of rotatable bonds is 4. The monoisotopic (exact) mass is 285 g/mol. The molecule has 0 aliphatic carbocycles. The average Bonchev–Trinajstić information content (AvgIpc) is 2.43. The first-order chi connectivity index (χ1) is 9.65. The highest BCUT2D eigenvalue weighted by atomic mass is 32.1. The molecule has 20 heavy (non-hydrogen) atoms. The lowest BCUT2D eigenvalue weighted by molar-refractivity contribution is 0.482. The smallest absolute Gasteiger partial charge is 0.184 e. The van der Waals surface area contributed by atoms with E-state index in [1.54, 1.807) is 6.21 Å². The largest absolute Gasteiger partial charge is 0.457 e. The van der Waals surface area contributed by atoms with Gasteiger partial charge in [-0.05, 0) is 43.4 Å². The molecule has 2 aromatic carbocycles. The van der Waals surface area contributed by atoms with E-state index in [2.05, 4.69) is 22.7 Å². The van der Waals surface area contributed by atoms with Gasteiger partial charge in [-0.3, -0.25) is 5.43 Å². The minimum atomic E-state index is 0.123. The summed E-state index contributed by atoms with van der Waals surface area (Å²) in [5.41, 5.74) is 9.84. The summed E-state index contributed by atoms with van der Waals surface area (Å²) in [6.07, 6.45) is 1.61. The molecule has 3 N–H and O–H groups in total. The standard InChI is InChI=1S/C15H15N3OS/c1-11-6-8-13(9-7-11)19-14-5-3-2-4-12(14)10-17-18-15(16)20/h2-10H,1H3,(H3,16,18,20). The summed E-state index contributed by atoms with van der Waals surface area (Å²) in [7, 11) is 0. The lowest BCUT2D eigenvalue weighted by Gasteiger charge is -2.08. The van der Waals surface area contributed by atoms with Gasteiger partial charge in [0.1, 0.15) is 11.5 Å². The van der Waals surface area contributed by atoms with Crippen LogP contribution in [0, 0.1) is 6.92 Å². The molecule has 4 nitrogen and oxygen atoms in total. The second kappa shape index (κ2) is 6.68. The molecule has 0 bridgehead atoms. The third-order valence-electron chi connectivity index (χ3n) is 2.55. The van der Waals surface area contributed by atoms with E-state index in [9.17, 15) is 0 Å². The van der Waals surface area contributed by atoms with Gasteiger partial charge < -0.3 is 10.5 Å². The molecule has 0 aliphatic rings. The zero-order valence-electron chi connectivity index (χ0n) is 11.0. The molecule has 0 radical (unpaired) electrons. The number of thiocarbonyl (C=S) groups is 1. The van der Waals surface area contributed by atoms with Crippen LogP contribution < -0.4 is 15.9 Å². The Morgan fingerprint density at radius 1 is 1.20 bits per heavy atom. The predicted molar refractivity (Wildman–Crippen MR) is 85.2 cm³/mol. The van der Waals surface area contributed by atoms with Crippen molar-refractivity contribution in [2.75, 3.05) is 0 Å². The first kappa shape index (κ1) is 14.0. The minimum absolute atomic E-state index is 0.123. The second-order valence-electron chi connectivity index (χ2n) is 4.19. The highest BCUT2D eigenvalue weighted by Crippen LogP contribution is 2.24. The van der Waals surface area contributed by atoms with Crippen molar-refractivity contribution in [1.82, 2.24) is 5.43 Å². The summed E-state index contributed by atoms with van der Waals surface area (Å²) in [6, 6.07) is 15.4. The molecule has 0 heterocycles. The summed E-state index contributed by atoms with van der Waals surface area (Å²) in [5.74, 6) is 1.49. The van der Waals surface area contributed by atoms with E-state index in [1.165, 1.54) is 5.56 Å². The van der Waals surface area contributed by atoms with E-state index in [-0.39, 0.29) is 5.11 Å². The number of nitrogens with zero attached hydrogens (tertiary/aromatic N) is 1. The molecule has 0 saturated carbocycles. The lowest BCUT2D eigenvalue weighted by Crippen LogP contribution is -2.24. The number of aryl methyl sites for hydroxylation is 1. The fourth-order valence-electron chi connectivity index (χ4n) is 1.58. The third kappa shape index (κ3) is 4.07. The maximum Gasteiger partial charge on any atom is 0.184 e. The minimum Gasteiger partial charge on any atom is -0.457 e. The van der Waals surface area contributed by atoms with Crippen molar-refractivity contribution in [3.63, 3.8) is 0 Å². The van der Waals surface area contributed by atoms with Crippen LogP contribution in [0.25, 0.3) is 0 Å². The normalized spacial score (nSPS) is 10.4. The Morgan fingerprint density at radius 2 is 1.90 bits per heavy atom. The number of para-hydroxylation sites is 1. The lowest BCUT2D eigenvalue weighted by atomic mass is 10.2. The van der Waals surface area contributed by atoms with E-state index in [0.717, 1.165) is 11.3 Å². The van der Waals surface area contributed by atoms with Gasteiger partial charge >= 0.3 is 0 Å². The van der Waals surface area contributed by atoms with Crippen LogP contribution in [0.2, 0.25) is 0 Å². The first-order valence-corrected chi connectivity index (χ1v) is 6.48. The van der Waals surface area contributed by atoms with E-state index >= 15 is 0 Å². The van der Waals surface area contributed by atoms with Gasteiger partial charge in [0.15, 0.2) is 5.11 Å². The molecule has 0 fully saturated rings. The molecule has 0 saturated heterocycles. The molecule has 0 aromatic heterocycles. The van der Waals surface area contributed by atoms with E-state index < -0.39 is 0 Å². The number of ether oxygens (including phenoxy) is 1. The van der Waals surface area contributed by atoms with Crippen LogP contribution in [-0.2, 0) is 0 Å². The SMILES string of the molecule is Cc1ccc(Oc2ccccc2C=NNC(N)=S)cc1. The van der Waals surface area contributed by atoms with Crippen LogP contribution in [0.5, 0.6) is 11.5 Å². The summed E-state index contributed by atoms with van der Waals surface area (Å²) in [5, 5.41) is 4.06. The Bertz CT molecular complexity index is 623. The molecular weight excluding hydrogens is 270 g/mol. The van der Waals surface area contributed by atoms with Crippen LogP contribution in [0.3, 0.4) is 0 Å². The number of hydrogen-bond acceptors (Lipinski definition) is 3. The van der Waals surface area contributed by atoms with Crippen molar-refractivity contribution in [3.8, 4) is 11.5 Å². The molecule has 0 amide bonds. The fraction of sp³-hybridized carbons (Fsp3) is 0.0667. The highest BCUT2D eigenvalue weighted by molar-refractivity contribution is 7.80. The molecule has 0 unspecified atom stereocenters. The van der Waals surface area contributed by atoms with E-state index in [0.29, 0.717) is 5.75 Å². The van der Waals surface area contributed by atoms with Crippen molar-refractivity contribution in [1.29, 1.82) is 0 Å². The van der Waals surface area contributed by atoms with Crippen molar-refractivity contribution < 1.29 is 4.74 Å². The van der Waals surface area contributed by atoms with Crippen molar-refractivity contribution in [3.05, 3.63) is 59.7 Å². The first-order valence-electron chi connectivity index (χ1n) is 6.07. The van der Waals surface area contributed by atoms with Gasteiger partial charge in [0.25, 0.3) is 0 Å². The molecular formula is C15H15N3OS. The van der Waals surface area contributed by atoms with Gasteiger partial charge in [0, 0.05) is 5.56 Å². The fourth-order valence-corrected chi connectivity index (χ4v) is 1.63. The van der Waals surface area contributed by atoms with Crippen molar-refractivity contribution in [2.45, 2.75) is 6.92 Å². The molecule has 2 rings (SSSR count).